The van der Waals surface area contributed by atoms with Crippen molar-refractivity contribution in [3.63, 3.8) is 0 Å². The van der Waals surface area contributed by atoms with Gasteiger partial charge in [0.1, 0.15) is 6.26 Å². The highest BCUT2D eigenvalue weighted by atomic mass is 16.5. The van der Waals surface area contributed by atoms with Crippen molar-refractivity contribution in [2.45, 2.75) is 6.92 Å². The number of aromatic nitrogens is 1. The number of ether oxygens (including phenoxy) is 1. The van der Waals surface area contributed by atoms with Crippen LogP contribution in [-0.2, 0) is 0 Å². The van der Waals surface area contributed by atoms with Gasteiger partial charge in [0.25, 0.3) is 0 Å². The molecular formula is C9H9NO2. The fourth-order valence-corrected chi connectivity index (χ4v) is 1.13. The van der Waals surface area contributed by atoms with Crippen LogP contribution in [-0.4, -0.2) is 11.6 Å². The Bertz CT molecular complexity index is 381. The van der Waals surface area contributed by atoms with Gasteiger partial charge in [-0.1, -0.05) is 0 Å². The second kappa shape index (κ2) is 2.85. The molecule has 0 fully saturated rings. The van der Waals surface area contributed by atoms with Crippen molar-refractivity contribution in [2.24, 2.45) is 0 Å². The number of hydrogen-bond donors (Lipinski definition) is 0. The summed E-state index contributed by atoms with van der Waals surface area (Å²) in [5.41, 5.74) is 0.765. The topological polar surface area (TPSA) is 35.3 Å². The lowest BCUT2D eigenvalue weighted by atomic mass is 10.3. The van der Waals surface area contributed by atoms with Crippen LogP contribution in [0.3, 0.4) is 0 Å². The van der Waals surface area contributed by atoms with Crippen molar-refractivity contribution in [2.75, 3.05) is 6.61 Å². The summed E-state index contributed by atoms with van der Waals surface area (Å²) < 4.78 is 10.6. The lowest BCUT2D eigenvalue weighted by Gasteiger charge is -1.96. The van der Waals surface area contributed by atoms with Gasteiger partial charge in [0.15, 0.2) is 11.3 Å². The molecule has 2 heterocycles. The Hall–Kier alpha value is -1.51. The van der Waals surface area contributed by atoms with Crippen molar-refractivity contribution in [1.29, 1.82) is 0 Å². The molecule has 3 heteroatoms. The molecule has 62 valence electrons. The SMILES string of the molecule is CCOc1coc2cnccc12. The average Bonchev–Trinajstić information content (AvgIpc) is 2.50. The van der Waals surface area contributed by atoms with Crippen molar-refractivity contribution in [3.05, 3.63) is 24.7 Å². The van der Waals surface area contributed by atoms with Crippen LogP contribution in [0, 0.1) is 0 Å². The van der Waals surface area contributed by atoms with E-state index in [2.05, 4.69) is 4.98 Å². The standard InChI is InChI=1S/C9H9NO2/c1-2-11-9-6-12-8-5-10-4-3-7(8)9/h3-6H,2H2,1H3. The summed E-state index contributed by atoms with van der Waals surface area (Å²) in [5, 5.41) is 0.979. The van der Waals surface area contributed by atoms with E-state index in [9.17, 15) is 0 Å². The first-order valence-electron chi connectivity index (χ1n) is 3.86. The molecule has 2 aromatic heterocycles. The summed E-state index contributed by atoms with van der Waals surface area (Å²) in [7, 11) is 0. The van der Waals surface area contributed by atoms with Gasteiger partial charge in [-0.25, -0.2) is 0 Å². The molecule has 12 heavy (non-hydrogen) atoms. The van der Waals surface area contributed by atoms with E-state index in [1.54, 1.807) is 18.7 Å². The van der Waals surface area contributed by atoms with E-state index in [-0.39, 0.29) is 0 Å². The van der Waals surface area contributed by atoms with E-state index in [1.807, 2.05) is 13.0 Å². The van der Waals surface area contributed by atoms with Gasteiger partial charge in [0.05, 0.1) is 18.2 Å². The van der Waals surface area contributed by atoms with Gasteiger partial charge in [-0.3, -0.25) is 4.98 Å². The van der Waals surface area contributed by atoms with E-state index in [0.29, 0.717) is 6.61 Å². The van der Waals surface area contributed by atoms with Crippen LogP contribution in [0.1, 0.15) is 6.92 Å². The van der Waals surface area contributed by atoms with Gasteiger partial charge in [-0.05, 0) is 13.0 Å². The molecule has 0 saturated carbocycles. The number of pyridine rings is 1. The Morgan fingerprint density at radius 3 is 3.33 bits per heavy atom. The van der Waals surface area contributed by atoms with Gasteiger partial charge in [0, 0.05) is 6.20 Å². The minimum absolute atomic E-state index is 0.650. The predicted molar refractivity (Wildman–Crippen MR) is 45.2 cm³/mol. The molecule has 0 aromatic carbocycles. The molecule has 0 unspecified atom stereocenters. The molecule has 0 N–H and O–H groups in total. The van der Waals surface area contributed by atoms with Gasteiger partial charge < -0.3 is 9.15 Å². The molecule has 0 aliphatic rings. The minimum atomic E-state index is 0.650. The maximum Gasteiger partial charge on any atom is 0.165 e. The van der Waals surface area contributed by atoms with Gasteiger partial charge >= 0.3 is 0 Å². The van der Waals surface area contributed by atoms with Crippen LogP contribution in [0.25, 0.3) is 11.0 Å². The third-order valence-electron chi connectivity index (χ3n) is 1.64. The molecule has 0 aliphatic heterocycles. The average molecular weight is 163 g/mol. The molecule has 3 nitrogen and oxygen atoms in total. The maximum absolute atomic E-state index is 5.34. The summed E-state index contributed by atoms with van der Waals surface area (Å²) in [6.45, 7) is 2.59. The molecule has 0 radical (unpaired) electrons. The highest BCUT2D eigenvalue weighted by molar-refractivity contribution is 5.82. The van der Waals surface area contributed by atoms with Gasteiger partial charge in [-0.2, -0.15) is 0 Å². The van der Waals surface area contributed by atoms with Crippen LogP contribution in [0.15, 0.2) is 29.1 Å². The first-order valence-corrected chi connectivity index (χ1v) is 3.86. The van der Waals surface area contributed by atoms with Gasteiger partial charge in [0.2, 0.25) is 0 Å². The molecule has 2 rings (SSSR count). The zero-order valence-electron chi connectivity index (χ0n) is 6.78. The number of fused-ring (bicyclic) bond motifs is 1. The summed E-state index contributed by atoms with van der Waals surface area (Å²) in [6, 6.07) is 1.88. The van der Waals surface area contributed by atoms with Crippen molar-refractivity contribution < 1.29 is 9.15 Å². The third-order valence-corrected chi connectivity index (χ3v) is 1.64. The predicted octanol–water partition coefficient (Wildman–Crippen LogP) is 2.23. The maximum atomic E-state index is 5.34. The number of hydrogen-bond acceptors (Lipinski definition) is 3. The van der Waals surface area contributed by atoms with E-state index in [0.717, 1.165) is 16.7 Å². The second-order valence-corrected chi connectivity index (χ2v) is 2.40. The Morgan fingerprint density at radius 2 is 2.50 bits per heavy atom. The van der Waals surface area contributed by atoms with Crippen LogP contribution >= 0.6 is 0 Å². The van der Waals surface area contributed by atoms with E-state index >= 15 is 0 Å². The molecule has 0 aliphatic carbocycles. The number of nitrogens with zero attached hydrogens (tertiary/aromatic N) is 1. The smallest absolute Gasteiger partial charge is 0.165 e. The fraction of sp³-hybridized carbons (Fsp3) is 0.222. The van der Waals surface area contributed by atoms with Crippen molar-refractivity contribution in [3.8, 4) is 5.75 Å². The second-order valence-electron chi connectivity index (χ2n) is 2.40. The van der Waals surface area contributed by atoms with Crippen LogP contribution in [0.4, 0.5) is 0 Å². The van der Waals surface area contributed by atoms with E-state index in [1.165, 1.54) is 0 Å². The zero-order chi connectivity index (χ0) is 8.39. The Balaban J connectivity index is 2.55. The molecule has 0 spiro atoms. The van der Waals surface area contributed by atoms with E-state index in [4.69, 9.17) is 9.15 Å². The molecule has 0 bridgehead atoms. The van der Waals surface area contributed by atoms with Crippen LogP contribution in [0.2, 0.25) is 0 Å². The lowest BCUT2D eigenvalue weighted by molar-refractivity contribution is 0.338. The fourth-order valence-electron chi connectivity index (χ4n) is 1.13. The Kier molecular flexibility index (Phi) is 1.70. The summed E-state index contributed by atoms with van der Waals surface area (Å²) >= 11 is 0. The van der Waals surface area contributed by atoms with Crippen LogP contribution < -0.4 is 4.74 Å². The largest absolute Gasteiger partial charge is 0.490 e. The minimum Gasteiger partial charge on any atom is -0.490 e. The molecule has 0 atom stereocenters. The summed E-state index contributed by atoms with van der Waals surface area (Å²) in [5.74, 6) is 0.787. The molecule has 0 saturated heterocycles. The summed E-state index contributed by atoms with van der Waals surface area (Å²) in [4.78, 5) is 3.94. The third kappa shape index (κ3) is 1.03. The number of rotatable bonds is 2. The molecular weight excluding hydrogens is 154 g/mol. The highest BCUT2D eigenvalue weighted by Crippen LogP contribution is 2.26. The van der Waals surface area contributed by atoms with Crippen LogP contribution in [0.5, 0.6) is 5.75 Å². The quantitative estimate of drug-likeness (QED) is 0.680. The molecule has 2 aromatic rings. The highest BCUT2D eigenvalue weighted by Gasteiger charge is 2.04. The first-order chi connectivity index (χ1) is 5.92. The van der Waals surface area contributed by atoms with Crippen molar-refractivity contribution in [1.82, 2.24) is 4.98 Å². The summed E-state index contributed by atoms with van der Waals surface area (Å²) in [6.07, 6.45) is 5.01. The van der Waals surface area contributed by atoms with Gasteiger partial charge in [-0.15, -0.1) is 0 Å². The molecule has 0 amide bonds. The number of furan rings is 1. The van der Waals surface area contributed by atoms with Crippen molar-refractivity contribution >= 4 is 11.0 Å². The zero-order valence-corrected chi connectivity index (χ0v) is 6.78. The normalized spacial score (nSPS) is 10.4. The lowest BCUT2D eigenvalue weighted by Crippen LogP contribution is -1.89. The Labute approximate surface area is 70.0 Å². The first kappa shape index (κ1) is 7.16. The van der Waals surface area contributed by atoms with E-state index < -0.39 is 0 Å². The monoisotopic (exact) mass is 163 g/mol. The Morgan fingerprint density at radius 1 is 1.58 bits per heavy atom.